The standard InChI is InChI=1S/C21H22N4O3/c26-19-13-25(10-8-18(19)24-20(27)16-7-4-9-22-11-16)12-17-14-28-21(23-17)15-5-2-1-3-6-15/h1-7,9,11,14,18-19,26H,8,10,12-13H2,(H,24,27)/t18-,19-/m1/s1. The van der Waals surface area contributed by atoms with Crippen molar-refractivity contribution in [2.75, 3.05) is 13.1 Å². The normalized spacial score (nSPS) is 20.0. The van der Waals surface area contributed by atoms with Gasteiger partial charge in [0.15, 0.2) is 0 Å². The number of nitrogens with zero attached hydrogens (tertiary/aromatic N) is 3. The van der Waals surface area contributed by atoms with Gasteiger partial charge in [-0.3, -0.25) is 14.7 Å². The first kappa shape index (κ1) is 18.3. The fourth-order valence-corrected chi connectivity index (χ4v) is 3.38. The number of hydrogen-bond acceptors (Lipinski definition) is 6. The molecule has 0 saturated carbocycles. The number of oxazole rings is 1. The first-order chi connectivity index (χ1) is 13.7. The molecule has 1 aliphatic rings. The third kappa shape index (κ3) is 4.27. The third-order valence-electron chi connectivity index (χ3n) is 4.86. The van der Waals surface area contributed by atoms with Gasteiger partial charge in [0.25, 0.3) is 5.91 Å². The van der Waals surface area contributed by atoms with E-state index in [9.17, 15) is 9.90 Å². The molecule has 2 N–H and O–H groups in total. The van der Waals surface area contributed by atoms with E-state index in [1.165, 1.54) is 6.20 Å². The van der Waals surface area contributed by atoms with Crippen molar-refractivity contribution >= 4 is 5.91 Å². The molecule has 2 atom stereocenters. The molecular formula is C21H22N4O3. The van der Waals surface area contributed by atoms with E-state index in [2.05, 4.69) is 20.2 Å². The molecular weight excluding hydrogens is 356 g/mol. The van der Waals surface area contributed by atoms with Crippen LogP contribution in [0.4, 0.5) is 0 Å². The van der Waals surface area contributed by atoms with Crippen molar-refractivity contribution < 1.29 is 14.3 Å². The Morgan fingerprint density at radius 1 is 1.25 bits per heavy atom. The summed E-state index contributed by atoms with van der Waals surface area (Å²) in [7, 11) is 0. The highest BCUT2D eigenvalue weighted by Gasteiger charge is 2.29. The van der Waals surface area contributed by atoms with Crippen LogP contribution in [0.25, 0.3) is 11.5 Å². The average molecular weight is 378 g/mol. The summed E-state index contributed by atoms with van der Waals surface area (Å²) in [6.07, 6.45) is 4.82. The first-order valence-electron chi connectivity index (χ1n) is 9.30. The van der Waals surface area contributed by atoms with Crippen LogP contribution < -0.4 is 5.32 Å². The predicted molar refractivity (Wildman–Crippen MR) is 103 cm³/mol. The minimum Gasteiger partial charge on any atom is -0.444 e. The largest absolute Gasteiger partial charge is 0.444 e. The molecule has 0 radical (unpaired) electrons. The minimum atomic E-state index is -0.644. The SMILES string of the molecule is O=C(N[C@@H]1CCN(Cc2coc(-c3ccccc3)n2)C[C@H]1O)c1cccnc1. The van der Waals surface area contributed by atoms with Crippen LogP contribution in [0, 0.1) is 0 Å². The lowest BCUT2D eigenvalue weighted by Gasteiger charge is -2.35. The Hall–Kier alpha value is -3.03. The summed E-state index contributed by atoms with van der Waals surface area (Å²) in [6.45, 7) is 1.81. The molecule has 3 heterocycles. The highest BCUT2D eigenvalue weighted by atomic mass is 16.3. The Balaban J connectivity index is 1.32. The second kappa shape index (κ2) is 8.33. The van der Waals surface area contributed by atoms with Crippen molar-refractivity contribution in [2.45, 2.75) is 25.1 Å². The maximum atomic E-state index is 12.3. The molecule has 0 aliphatic carbocycles. The number of amides is 1. The zero-order chi connectivity index (χ0) is 19.3. The maximum absolute atomic E-state index is 12.3. The molecule has 3 aromatic rings. The van der Waals surface area contributed by atoms with Crippen LogP contribution in [0.1, 0.15) is 22.5 Å². The van der Waals surface area contributed by atoms with Crippen LogP contribution in [0.2, 0.25) is 0 Å². The topological polar surface area (TPSA) is 91.5 Å². The zero-order valence-corrected chi connectivity index (χ0v) is 15.4. The van der Waals surface area contributed by atoms with E-state index in [4.69, 9.17) is 4.42 Å². The number of pyridine rings is 1. The fourth-order valence-electron chi connectivity index (χ4n) is 3.38. The van der Waals surface area contributed by atoms with Gasteiger partial charge in [-0.2, -0.15) is 0 Å². The number of rotatable bonds is 5. The van der Waals surface area contributed by atoms with E-state index < -0.39 is 6.10 Å². The van der Waals surface area contributed by atoms with E-state index in [0.717, 1.165) is 17.8 Å². The number of aromatic nitrogens is 2. The first-order valence-corrected chi connectivity index (χ1v) is 9.30. The number of likely N-dealkylation sites (tertiary alicyclic amines) is 1. The van der Waals surface area contributed by atoms with Crippen LogP contribution >= 0.6 is 0 Å². The zero-order valence-electron chi connectivity index (χ0n) is 15.4. The van der Waals surface area contributed by atoms with Gasteiger partial charge in [-0.25, -0.2) is 4.98 Å². The Morgan fingerprint density at radius 2 is 2.11 bits per heavy atom. The summed E-state index contributed by atoms with van der Waals surface area (Å²) in [5.41, 5.74) is 2.25. The van der Waals surface area contributed by atoms with Crippen molar-refractivity contribution in [1.29, 1.82) is 0 Å². The number of carbonyl (C=O) groups excluding carboxylic acids is 1. The average Bonchev–Trinajstić information content (AvgIpc) is 3.20. The van der Waals surface area contributed by atoms with Crippen LogP contribution in [0.15, 0.2) is 65.5 Å². The summed E-state index contributed by atoms with van der Waals surface area (Å²) in [4.78, 5) is 22.9. The van der Waals surface area contributed by atoms with Crippen LogP contribution in [0.5, 0.6) is 0 Å². The molecule has 1 amide bonds. The van der Waals surface area contributed by atoms with Gasteiger partial charge in [0.2, 0.25) is 5.89 Å². The lowest BCUT2D eigenvalue weighted by Crippen LogP contribution is -2.53. The van der Waals surface area contributed by atoms with Crippen LogP contribution in [-0.4, -0.2) is 51.1 Å². The number of aliphatic hydroxyl groups excluding tert-OH is 1. The molecule has 28 heavy (non-hydrogen) atoms. The third-order valence-corrected chi connectivity index (χ3v) is 4.86. The fraction of sp³-hybridized carbons (Fsp3) is 0.286. The summed E-state index contributed by atoms with van der Waals surface area (Å²) in [6, 6.07) is 12.9. The van der Waals surface area contributed by atoms with E-state index >= 15 is 0 Å². The second-order valence-corrected chi connectivity index (χ2v) is 6.92. The van der Waals surface area contributed by atoms with E-state index in [-0.39, 0.29) is 11.9 Å². The van der Waals surface area contributed by atoms with Gasteiger partial charge < -0.3 is 14.8 Å². The molecule has 2 aromatic heterocycles. The minimum absolute atomic E-state index is 0.213. The molecule has 1 saturated heterocycles. The molecule has 0 unspecified atom stereocenters. The monoisotopic (exact) mass is 378 g/mol. The summed E-state index contributed by atoms with van der Waals surface area (Å²) < 4.78 is 5.58. The number of piperidine rings is 1. The molecule has 1 aliphatic heterocycles. The highest BCUT2D eigenvalue weighted by Crippen LogP contribution is 2.20. The van der Waals surface area contributed by atoms with Crippen molar-refractivity contribution in [3.8, 4) is 11.5 Å². The maximum Gasteiger partial charge on any atom is 0.253 e. The molecule has 7 nitrogen and oxygen atoms in total. The number of benzene rings is 1. The van der Waals surface area contributed by atoms with Crippen molar-refractivity contribution in [2.24, 2.45) is 0 Å². The lowest BCUT2D eigenvalue weighted by molar-refractivity contribution is 0.0345. The predicted octanol–water partition coefficient (Wildman–Crippen LogP) is 2.10. The van der Waals surface area contributed by atoms with Gasteiger partial charge in [0, 0.05) is 37.6 Å². The number of hydrogen-bond donors (Lipinski definition) is 2. The van der Waals surface area contributed by atoms with E-state index in [0.29, 0.717) is 31.0 Å². The van der Waals surface area contributed by atoms with Gasteiger partial charge in [0.05, 0.1) is 23.4 Å². The molecule has 7 heteroatoms. The quantitative estimate of drug-likeness (QED) is 0.707. The molecule has 144 valence electrons. The molecule has 1 aromatic carbocycles. The second-order valence-electron chi connectivity index (χ2n) is 6.92. The smallest absolute Gasteiger partial charge is 0.253 e. The number of nitrogens with one attached hydrogen (secondary N) is 1. The van der Waals surface area contributed by atoms with Gasteiger partial charge in [-0.15, -0.1) is 0 Å². The molecule has 1 fully saturated rings. The van der Waals surface area contributed by atoms with E-state index in [1.807, 2.05) is 30.3 Å². The van der Waals surface area contributed by atoms with Crippen molar-refractivity contribution in [1.82, 2.24) is 20.2 Å². The molecule has 0 bridgehead atoms. The number of aliphatic hydroxyl groups is 1. The lowest BCUT2D eigenvalue weighted by atomic mass is 10.0. The van der Waals surface area contributed by atoms with Crippen LogP contribution in [-0.2, 0) is 6.54 Å². The van der Waals surface area contributed by atoms with Gasteiger partial charge in [0.1, 0.15) is 6.26 Å². The summed E-state index contributed by atoms with van der Waals surface area (Å²) in [5, 5.41) is 13.4. The number of β-amino-alcohol motifs (C(OH)–C–C–N with tert-alkyl or cyclic N) is 1. The van der Waals surface area contributed by atoms with Gasteiger partial charge >= 0.3 is 0 Å². The molecule has 0 spiro atoms. The number of carbonyl (C=O) groups is 1. The highest BCUT2D eigenvalue weighted by molar-refractivity contribution is 5.94. The summed E-state index contributed by atoms with van der Waals surface area (Å²) >= 11 is 0. The summed E-state index contributed by atoms with van der Waals surface area (Å²) in [5.74, 6) is 0.379. The molecule has 4 rings (SSSR count). The Bertz CT molecular complexity index is 914. The Kier molecular flexibility index (Phi) is 5.45. The van der Waals surface area contributed by atoms with E-state index in [1.54, 1.807) is 24.6 Å². The van der Waals surface area contributed by atoms with Crippen LogP contribution in [0.3, 0.4) is 0 Å². The van der Waals surface area contributed by atoms with Gasteiger partial charge in [-0.1, -0.05) is 18.2 Å². The van der Waals surface area contributed by atoms with Gasteiger partial charge in [-0.05, 0) is 30.7 Å². The Labute approximate surface area is 163 Å². The Morgan fingerprint density at radius 3 is 2.86 bits per heavy atom. The van der Waals surface area contributed by atoms with Crippen molar-refractivity contribution in [3.63, 3.8) is 0 Å². The van der Waals surface area contributed by atoms with Crippen molar-refractivity contribution in [3.05, 3.63) is 72.4 Å².